The van der Waals surface area contributed by atoms with E-state index in [2.05, 4.69) is 10.2 Å². The van der Waals surface area contributed by atoms with Gasteiger partial charge in [0.05, 0.1) is 30.4 Å². The average Bonchev–Trinajstić information content (AvgIpc) is 3.59. The van der Waals surface area contributed by atoms with Crippen molar-refractivity contribution in [3.63, 3.8) is 0 Å². The minimum atomic E-state index is -1.85. The van der Waals surface area contributed by atoms with Crippen molar-refractivity contribution in [1.82, 2.24) is 24.1 Å². The van der Waals surface area contributed by atoms with Gasteiger partial charge in [0, 0.05) is 18.8 Å². The number of nitrogens with zero attached hydrogens (tertiary/aromatic N) is 5. The smallest absolute Gasteiger partial charge is 0.333 e. The van der Waals surface area contributed by atoms with E-state index in [4.69, 9.17) is 9.47 Å². The number of carboxylic acids is 1. The molecule has 1 fully saturated rings. The molecule has 13 heteroatoms. The first kappa shape index (κ1) is 28.8. The molecule has 0 aliphatic carbocycles. The average molecular weight is 586 g/mol. The van der Waals surface area contributed by atoms with Crippen LogP contribution in [0.3, 0.4) is 0 Å². The Morgan fingerprint density at radius 3 is 2.56 bits per heavy atom. The number of ether oxygens (including phenoxy) is 2. The Kier molecular flexibility index (Phi) is 7.95. The van der Waals surface area contributed by atoms with Crippen LogP contribution in [0.1, 0.15) is 56.4 Å². The van der Waals surface area contributed by atoms with E-state index >= 15 is 0 Å². The van der Waals surface area contributed by atoms with Crippen LogP contribution in [-0.4, -0.2) is 54.5 Å². The summed E-state index contributed by atoms with van der Waals surface area (Å²) in [6.45, 7) is 7.25. The zero-order valence-corrected chi connectivity index (χ0v) is 24.1. The molecule has 3 aromatic heterocycles. The van der Waals surface area contributed by atoms with E-state index < -0.39 is 34.7 Å². The number of carboxylic acid groups (broad SMARTS) is 1. The van der Waals surface area contributed by atoms with Crippen LogP contribution in [0.4, 0.5) is 4.39 Å². The summed E-state index contributed by atoms with van der Waals surface area (Å²) in [6.07, 6.45) is 3.91. The highest BCUT2D eigenvalue weighted by molar-refractivity contribution is 7.21. The van der Waals surface area contributed by atoms with Gasteiger partial charge in [0.15, 0.2) is 0 Å². The lowest BCUT2D eigenvalue weighted by Crippen LogP contribution is -2.52. The highest BCUT2D eigenvalue weighted by Crippen LogP contribution is 2.34. The van der Waals surface area contributed by atoms with Crippen LogP contribution < -0.4 is 11.2 Å². The molecule has 1 aliphatic rings. The van der Waals surface area contributed by atoms with E-state index in [0.717, 1.165) is 21.5 Å². The van der Waals surface area contributed by atoms with E-state index in [-0.39, 0.29) is 18.0 Å². The summed E-state index contributed by atoms with van der Waals surface area (Å²) >= 11 is 1.15. The summed E-state index contributed by atoms with van der Waals surface area (Å²) in [5, 5.41) is 19.1. The normalized spacial score (nSPS) is 15.4. The Morgan fingerprint density at radius 1 is 1.24 bits per heavy atom. The summed E-state index contributed by atoms with van der Waals surface area (Å²) in [4.78, 5) is 41.9. The Labute approximate surface area is 238 Å². The van der Waals surface area contributed by atoms with Gasteiger partial charge < -0.3 is 14.6 Å². The number of hydrogen-bond donors (Lipinski definition) is 1. The molecular formula is C28H32FN5O6S. The summed E-state index contributed by atoms with van der Waals surface area (Å²) in [6, 6.07) is 4.51. The molecule has 1 saturated heterocycles. The maximum atomic E-state index is 14.6. The number of carbonyl (C=O) groups is 1. The van der Waals surface area contributed by atoms with Crippen LogP contribution in [-0.2, 0) is 32.8 Å². The van der Waals surface area contributed by atoms with Gasteiger partial charge in [-0.2, -0.15) is 10.2 Å². The predicted molar refractivity (Wildman–Crippen MR) is 150 cm³/mol. The molecule has 1 aromatic carbocycles. The quantitative estimate of drug-likeness (QED) is 0.316. The minimum Gasteiger partial charge on any atom is -0.480 e. The second-order valence-corrected chi connectivity index (χ2v) is 11.5. The van der Waals surface area contributed by atoms with Gasteiger partial charge in [0.25, 0.3) is 5.56 Å². The first-order valence-corrected chi connectivity index (χ1v) is 14.3. The Morgan fingerprint density at radius 2 is 1.93 bits per heavy atom. The van der Waals surface area contributed by atoms with Gasteiger partial charge in [-0.05, 0) is 63.3 Å². The van der Waals surface area contributed by atoms with Crippen molar-refractivity contribution in [2.45, 2.75) is 71.2 Å². The fraction of sp³-hybridized carbons (Fsp3) is 0.464. The largest absolute Gasteiger partial charge is 0.480 e. The van der Waals surface area contributed by atoms with Crippen molar-refractivity contribution in [3.05, 3.63) is 73.9 Å². The fourth-order valence-corrected chi connectivity index (χ4v) is 6.43. The molecule has 41 heavy (non-hydrogen) atoms. The minimum absolute atomic E-state index is 0.0783. The molecule has 1 unspecified atom stereocenters. The third-order valence-corrected chi connectivity index (χ3v) is 8.86. The number of thiophene rings is 1. The highest BCUT2D eigenvalue weighted by atomic mass is 32.1. The number of rotatable bonds is 9. The molecule has 5 rings (SSSR count). The molecule has 0 spiro atoms. The number of fused-ring (bicyclic) bond motifs is 1. The zero-order valence-electron chi connectivity index (χ0n) is 23.3. The van der Waals surface area contributed by atoms with E-state index in [1.807, 2.05) is 6.92 Å². The summed E-state index contributed by atoms with van der Waals surface area (Å²) < 4.78 is 28.8. The molecule has 4 aromatic rings. The van der Waals surface area contributed by atoms with Crippen LogP contribution >= 0.6 is 11.3 Å². The van der Waals surface area contributed by atoms with Gasteiger partial charge in [0.1, 0.15) is 27.3 Å². The number of benzene rings is 1. The van der Waals surface area contributed by atoms with Crippen molar-refractivity contribution in [3.8, 4) is 5.00 Å². The summed E-state index contributed by atoms with van der Waals surface area (Å²) in [7, 11) is 0. The third-order valence-electron chi connectivity index (χ3n) is 7.58. The van der Waals surface area contributed by atoms with Crippen molar-refractivity contribution >= 4 is 27.5 Å². The van der Waals surface area contributed by atoms with Crippen LogP contribution in [0.15, 0.2) is 40.2 Å². The highest BCUT2D eigenvalue weighted by Gasteiger charge is 2.36. The second-order valence-electron chi connectivity index (χ2n) is 10.6. The number of hydrogen-bond acceptors (Lipinski definition) is 8. The summed E-state index contributed by atoms with van der Waals surface area (Å²) in [5.74, 6) is -1.77. The maximum absolute atomic E-state index is 14.6. The molecule has 1 aliphatic heterocycles. The van der Waals surface area contributed by atoms with Crippen LogP contribution in [0, 0.1) is 12.7 Å². The predicted octanol–water partition coefficient (Wildman–Crippen LogP) is 3.57. The van der Waals surface area contributed by atoms with Crippen molar-refractivity contribution < 1.29 is 23.8 Å². The SMILES string of the molecule is CCc1ccc(F)cc1C(Cn1c(=O)n(C(C)(C)C(=O)O)c(=O)c2c(C)c(-n3nccn3)sc21)OC1CCOCC1. The second kappa shape index (κ2) is 11.3. The van der Waals surface area contributed by atoms with Gasteiger partial charge in [-0.25, -0.2) is 18.5 Å². The molecule has 11 nitrogen and oxygen atoms in total. The molecule has 1 N–H and O–H groups in total. The molecule has 0 saturated carbocycles. The Balaban J connectivity index is 1.77. The van der Waals surface area contributed by atoms with E-state index in [1.54, 1.807) is 13.0 Å². The lowest BCUT2D eigenvalue weighted by molar-refractivity contribution is -0.146. The topological polar surface area (TPSA) is 130 Å². The van der Waals surface area contributed by atoms with E-state index in [1.165, 1.54) is 47.7 Å². The molecule has 1 atom stereocenters. The van der Waals surface area contributed by atoms with Gasteiger partial charge in [-0.15, -0.1) is 4.80 Å². The summed E-state index contributed by atoms with van der Waals surface area (Å²) in [5.41, 5.74) is -1.41. The molecule has 0 bridgehead atoms. The van der Waals surface area contributed by atoms with Gasteiger partial charge >= 0.3 is 11.7 Å². The van der Waals surface area contributed by atoms with Crippen LogP contribution in [0.5, 0.6) is 0 Å². The van der Waals surface area contributed by atoms with Crippen molar-refractivity contribution in [2.75, 3.05) is 13.2 Å². The molecule has 0 amide bonds. The number of halogens is 1. The maximum Gasteiger partial charge on any atom is 0.333 e. The van der Waals surface area contributed by atoms with Crippen LogP contribution in [0.2, 0.25) is 0 Å². The molecule has 0 radical (unpaired) electrons. The monoisotopic (exact) mass is 585 g/mol. The lowest BCUT2D eigenvalue weighted by atomic mass is 9.99. The number of aryl methyl sites for hydroxylation is 2. The van der Waals surface area contributed by atoms with Crippen LogP contribution in [0.25, 0.3) is 15.2 Å². The Hall–Kier alpha value is -3.68. The zero-order chi connectivity index (χ0) is 29.5. The third kappa shape index (κ3) is 5.24. The first-order chi connectivity index (χ1) is 19.5. The molecular weight excluding hydrogens is 553 g/mol. The van der Waals surface area contributed by atoms with Gasteiger partial charge in [-0.3, -0.25) is 9.36 Å². The van der Waals surface area contributed by atoms with E-state index in [9.17, 15) is 23.9 Å². The van der Waals surface area contributed by atoms with Gasteiger partial charge in [-0.1, -0.05) is 24.3 Å². The van der Waals surface area contributed by atoms with Crippen molar-refractivity contribution in [1.29, 1.82) is 0 Å². The van der Waals surface area contributed by atoms with Crippen molar-refractivity contribution in [2.24, 2.45) is 0 Å². The molecule has 4 heterocycles. The number of aliphatic carboxylic acids is 1. The number of aromatic nitrogens is 5. The van der Waals surface area contributed by atoms with Gasteiger partial charge in [0.2, 0.25) is 0 Å². The van der Waals surface area contributed by atoms with E-state index in [0.29, 0.717) is 53.4 Å². The lowest BCUT2D eigenvalue weighted by Gasteiger charge is -2.30. The fourth-order valence-electron chi connectivity index (χ4n) is 5.21. The molecule has 218 valence electrons. The first-order valence-electron chi connectivity index (χ1n) is 13.5. The Bertz CT molecular complexity index is 1700. The standard InChI is InChI=1S/C28H32FN5O6S/c1-5-17-6-7-18(29)14-20(17)21(40-19-8-12-39-13-9-19)15-32-25-22(16(2)24(41-25)34-30-10-11-31-34)23(35)33(27(32)38)28(3,4)26(36)37/h6-7,10-11,14,19,21H,5,8-9,12-13,15H2,1-4H3,(H,36,37).